The Morgan fingerprint density at radius 1 is 1.22 bits per heavy atom. The number of hydrogen-bond acceptors (Lipinski definition) is 7. The number of methoxy groups -OCH3 is 1. The van der Waals surface area contributed by atoms with Gasteiger partial charge in [-0.2, -0.15) is 0 Å². The molecule has 0 amide bonds. The molecule has 0 spiro atoms. The van der Waals surface area contributed by atoms with Gasteiger partial charge in [-0.1, -0.05) is 5.21 Å². The number of nitrogens with one attached hydrogen (secondary N) is 1. The summed E-state index contributed by atoms with van der Waals surface area (Å²) in [5.74, 6) is 0. The largest absolute Gasteiger partial charge is 0.593 e. The Morgan fingerprint density at radius 2 is 2.03 bits per heavy atom. The number of ether oxygens (including phenoxy) is 1. The van der Waals surface area contributed by atoms with Gasteiger partial charge in [-0.25, -0.2) is 4.68 Å². The number of fused-ring (bicyclic) bond motifs is 1. The molecule has 32 heavy (non-hydrogen) atoms. The van der Waals surface area contributed by atoms with Crippen LogP contribution in [0.15, 0.2) is 64.4 Å². The lowest BCUT2D eigenvalue weighted by Gasteiger charge is -2.19. The van der Waals surface area contributed by atoms with Crippen molar-refractivity contribution in [1.29, 1.82) is 0 Å². The van der Waals surface area contributed by atoms with Gasteiger partial charge in [-0.15, -0.1) is 9.40 Å². The van der Waals surface area contributed by atoms with E-state index in [0.717, 1.165) is 28.9 Å². The van der Waals surface area contributed by atoms with E-state index in [2.05, 4.69) is 15.3 Å². The van der Waals surface area contributed by atoms with Crippen LogP contribution in [0.3, 0.4) is 0 Å². The molecule has 2 atom stereocenters. The Bertz CT molecular complexity index is 1320. The molecule has 3 heterocycles. The second kappa shape index (κ2) is 8.40. The minimum atomic E-state index is -1.24. The molecule has 3 N–H and O–H groups in total. The van der Waals surface area contributed by atoms with Gasteiger partial charge in [0.2, 0.25) is 0 Å². The van der Waals surface area contributed by atoms with Crippen LogP contribution < -0.4 is 11.3 Å². The van der Waals surface area contributed by atoms with Gasteiger partial charge in [0.15, 0.2) is 4.90 Å². The zero-order valence-corrected chi connectivity index (χ0v) is 18.2. The Morgan fingerprint density at radius 3 is 2.78 bits per heavy atom. The number of pyridine rings is 1. The number of nitrogens with zero attached hydrogens (tertiary/aromatic N) is 4. The average Bonchev–Trinajstić information content (AvgIpc) is 3.48. The fourth-order valence-electron chi connectivity index (χ4n) is 3.83. The van der Waals surface area contributed by atoms with Gasteiger partial charge in [0.25, 0.3) is 5.56 Å². The highest BCUT2D eigenvalue weighted by Gasteiger charge is 2.32. The van der Waals surface area contributed by atoms with Gasteiger partial charge >= 0.3 is 0 Å². The minimum absolute atomic E-state index is 0.126. The predicted molar refractivity (Wildman–Crippen MR) is 123 cm³/mol. The summed E-state index contributed by atoms with van der Waals surface area (Å²) in [6, 6.07) is 14.4. The van der Waals surface area contributed by atoms with Gasteiger partial charge in [-0.3, -0.25) is 4.79 Å². The summed E-state index contributed by atoms with van der Waals surface area (Å²) in [6.07, 6.45) is 2.70. The standard InChI is InChI=1S/C22H22N6O3S/c1-31-17-8-9-27(12-17)32(30)18-5-3-16(4-6-18)28-13-21(25-26-28)19-11-14-10-15(23)2-7-20(14)24-22(19)29/h2-7,10-11,13,17H,8-9,12,23H2,1H3,(H,24,29)/t17-,32?/m0/s1. The van der Waals surface area contributed by atoms with Crippen molar-refractivity contribution in [3.63, 3.8) is 0 Å². The molecule has 1 aliphatic rings. The van der Waals surface area contributed by atoms with Crippen LogP contribution >= 0.6 is 0 Å². The molecule has 0 radical (unpaired) electrons. The monoisotopic (exact) mass is 450 g/mol. The quantitative estimate of drug-likeness (QED) is 0.352. The zero-order valence-electron chi connectivity index (χ0n) is 17.4. The first kappa shape index (κ1) is 20.7. The maximum Gasteiger partial charge on any atom is 0.258 e. The Labute approximate surface area is 187 Å². The summed E-state index contributed by atoms with van der Waals surface area (Å²) in [4.78, 5) is 16.1. The number of nitrogens with two attached hydrogens (primary N) is 1. The van der Waals surface area contributed by atoms with Crippen LogP contribution in [0, 0.1) is 0 Å². The van der Waals surface area contributed by atoms with Gasteiger partial charge in [0, 0.05) is 30.2 Å². The first-order chi connectivity index (χ1) is 15.5. The van der Waals surface area contributed by atoms with Crippen molar-refractivity contribution in [2.75, 3.05) is 25.9 Å². The lowest BCUT2D eigenvalue weighted by molar-refractivity contribution is 0.115. The van der Waals surface area contributed by atoms with E-state index in [1.807, 2.05) is 28.6 Å². The summed E-state index contributed by atoms with van der Waals surface area (Å²) < 4.78 is 21.7. The van der Waals surface area contributed by atoms with Crippen LogP contribution in [-0.4, -0.2) is 55.1 Å². The molecule has 1 saturated heterocycles. The third kappa shape index (κ3) is 3.89. The molecule has 1 aliphatic heterocycles. The summed E-state index contributed by atoms with van der Waals surface area (Å²) in [5.41, 5.74) is 8.55. The third-order valence-corrected chi connectivity index (χ3v) is 7.09. The van der Waals surface area contributed by atoms with Crippen LogP contribution in [0.25, 0.3) is 27.8 Å². The highest BCUT2D eigenvalue weighted by molar-refractivity contribution is 7.89. The average molecular weight is 451 g/mol. The first-order valence-corrected chi connectivity index (χ1v) is 11.3. The number of aromatic amines is 1. The van der Waals surface area contributed by atoms with E-state index >= 15 is 0 Å². The molecular formula is C22H22N6O3S. The molecular weight excluding hydrogens is 428 g/mol. The number of nitrogen functional groups attached to an aromatic ring is 1. The van der Waals surface area contributed by atoms with Crippen LogP contribution in [0.2, 0.25) is 0 Å². The lowest BCUT2D eigenvalue weighted by Crippen LogP contribution is -2.30. The Hall–Kier alpha value is -3.18. The van der Waals surface area contributed by atoms with Crippen LogP contribution in [0.4, 0.5) is 5.69 Å². The molecule has 1 fully saturated rings. The third-order valence-electron chi connectivity index (χ3n) is 5.62. The number of anilines is 1. The number of H-pyrrole nitrogens is 1. The highest BCUT2D eigenvalue weighted by atomic mass is 32.2. The van der Waals surface area contributed by atoms with Crippen molar-refractivity contribution in [1.82, 2.24) is 24.3 Å². The van der Waals surface area contributed by atoms with E-state index in [-0.39, 0.29) is 11.7 Å². The molecule has 1 unspecified atom stereocenters. The maximum atomic E-state index is 12.8. The lowest BCUT2D eigenvalue weighted by atomic mass is 10.1. The Kier molecular flexibility index (Phi) is 5.43. The maximum absolute atomic E-state index is 12.8. The van der Waals surface area contributed by atoms with E-state index < -0.39 is 11.4 Å². The molecule has 0 bridgehead atoms. The van der Waals surface area contributed by atoms with E-state index in [1.165, 1.54) is 0 Å². The first-order valence-electron chi connectivity index (χ1n) is 10.2. The van der Waals surface area contributed by atoms with Crippen LogP contribution in [-0.2, 0) is 16.1 Å². The summed E-state index contributed by atoms with van der Waals surface area (Å²) >= 11 is -1.24. The summed E-state index contributed by atoms with van der Waals surface area (Å²) in [5, 5.41) is 9.15. The van der Waals surface area contributed by atoms with Crippen molar-refractivity contribution in [3.8, 4) is 16.9 Å². The van der Waals surface area contributed by atoms with E-state index in [9.17, 15) is 9.35 Å². The molecule has 0 saturated carbocycles. The highest BCUT2D eigenvalue weighted by Crippen LogP contribution is 2.24. The van der Waals surface area contributed by atoms with Gasteiger partial charge in [0.05, 0.1) is 41.5 Å². The van der Waals surface area contributed by atoms with Crippen LogP contribution in [0.5, 0.6) is 0 Å². The van der Waals surface area contributed by atoms with Crippen LogP contribution in [0.1, 0.15) is 6.42 Å². The van der Waals surface area contributed by atoms with Crippen molar-refractivity contribution >= 4 is 28.0 Å². The van der Waals surface area contributed by atoms with E-state index in [0.29, 0.717) is 29.0 Å². The second-order valence-corrected chi connectivity index (χ2v) is 9.17. The second-order valence-electron chi connectivity index (χ2n) is 7.68. The SMILES string of the molecule is CO[C@H]1CCN([S+]([O-])c2ccc(-n3cc(-c4cc5cc(N)ccc5[nH]c4=O)nn3)cc2)C1. The van der Waals surface area contributed by atoms with Crippen molar-refractivity contribution in [2.45, 2.75) is 17.4 Å². The normalized spacial score (nSPS) is 17.8. The number of benzene rings is 2. The number of aromatic nitrogens is 4. The molecule has 2 aromatic carbocycles. The topological polar surface area (TPSA) is 125 Å². The zero-order chi connectivity index (χ0) is 22.2. The Balaban J connectivity index is 1.39. The van der Waals surface area contributed by atoms with Gasteiger partial charge < -0.3 is 20.0 Å². The fraction of sp³-hybridized carbons (Fsp3) is 0.227. The van der Waals surface area contributed by atoms with Gasteiger partial charge in [-0.05, 0) is 55.0 Å². The fourth-order valence-corrected chi connectivity index (χ4v) is 5.07. The van der Waals surface area contributed by atoms with Crippen molar-refractivity contribution < 1.29 is 9.29 Å². The summed E-state index contributed by atoms with van der Waals surface area (Å²) in [6.45, 7) is 1.40. The molecule has 10 heteroatoms. The number of hydrogen-bond donors (Lipinski definition) is 2. The van der Waals surface area contributed by atoms with Crippen molar-refractivity contribution in [2.24, 2.45) is 0 Å². The van der Waals surface area contributed by atoms with Gasteiger partial charge in [0.1, 0.15) is 5.69 Å². The number of rotatable bonds is 5. The van der Waals surface area contributed by atoms with Crippen molar-refractivity contribution in [3.05, 3.63) is 65.1 Å². The smallest absolute Gasteiger partial charge is 0.258 e. The molecule has 4 aromatic rings. The molecule has 9 nitrogen and oxygen atoms in total. The molecule has 5 rings (SSSR count). The van der Waals surface area contributed by atoms with E-state index in [4.69, 9.17) is 10.5 Å². The van der Waals surface area contributed by atoms with E-state index in [1.54, 1.807) is 42.3 Å². The molecule has 2 aromatic heterocycles. The molecule has 0 aliphatic carbocycles. The molecule has 164 valence electrons. The minimum Gasteiger partial charge on any atom is -0.593 e. The summed E-state index contributed by atoms with van der Waals surface area (Å²) in [7, 11) is 1.68. The predicted octanol–water partition coefficient (Wildman–Crippen LogP) is 2.10.